The minimum absolute atomic E-state index is 0.0391. The van der Waals surface area contributed by atoms with Crippen molar-refractivity contribution in [3.05, 3.63) is 70.5 Å². The van der Waals surface area contributed by atoms with E-state index in [4.69, 9.17) is 0 Å². The van der Waals surface area contributed by atoms with Crippen molar-refractivity contribution in [3.63, 3.8) is 0 Å². The summed E-state index contributed by atoms with van der Waals surface area (Å²) in [7, 11) is 1.68. The molecule has 0 radical (unpaired) electrons. The fourth-order valence-corrected chi connectivity index (χ4v) is 4.44. The van der Waals surface area contributed by atoms with Crippen molar-refractivity contribution < 1.29 is 4.79 Å². The van der Waals surface area contributed by atoms with Crippen LogP contribution in [-0.4, -0.2) is 41.8 Å². The molecule has 1 unspecified atom stereocenters. The number of aryl methyl sites for hydroxylation is 1. The largest absolute Gasteiger partial charge is 0.338 e. The summed E-state index contributed by atoms with van der Waals surface area (Å²) >= 11 is 1.35. The maximum Gasteiger partial charge on any atom is 0.262 e. The zero-order valence-corrected chi connectivity index (χ0v) is 18.0. The van der Waals surface area contributed by atoms with Gasteiger partial charge in [0.15, 0.2) is 5.16 Å². The molecule has 8 heteroatoms. The van der Waals surface area contributed by atoms with E-state index in [-0.39, 0.29) is 16.7 Å². The van der Waals surface area contributed by atoms with Gasteiger partial charge in [-0.1, -0.05) is 54.2 Å². The second kappa shape index (κ2) is 8.31. The third-order valence-corrected chi connectivity index (χ3v) is 6.17. The van der Waals surface area contributed by atoms with Crippen molar-refractivity contribution >= 4 is 34.3 Å². The summed E-state index contributed by atoms with van der Waals surface area (Å²) in [5, 5.41) is 9.32. The van der Waals surface area contributed by atoms with E-state index in [1.807, 2.05) is 71.7 Å². The topological polar surface area (TPSA) is 72.5 Å². The molecule has 0 bridgehead atoms. The molecule has 0 aliphatic heterocycles. The molecule has 2 aromatic heterocycles. The lowest BCUT2D eigenvalue weighted by Crippen LogP contribution is -2.36. The van der Waals surface area contributed by atoms with Crippen LogP contribution >= 0.6 is 11.8 Å². The van der Waals surface area contributed by atoms with Gasteiger partial charge in [0.2, 0.25) is 11.7 Å². The molecule has 30 heavy (non-hydrogen) atoms. The van der Waals surface area contributed by atoms with Gasteiger partial charge in [0.05, 0.1) is 16.2 Å². The molecule has 0 aliphatic carbocycles. The Hall–Kier alpha value is -3.13. The fourth-order valence-electron chi connectivity index (χ4n) is 3.50. The molecule has 0 fully saturated rings. The number of rotatable bonds is 6. The van der Waals surface area contributed by atoms with E-state index in [2.05, 4.69) is 10.2 Å². The summed E-state index contributed by atoms with van der Waals surface area (Å²) in [6, 6.07) is 17.3. The van der Waals surface area contributed by atoms with Crippen LogP contribution in [0.25, 0.3) is 16.7 Å². The Balaban J connectivity index is 1.65. The quantitative estimate of drug-likeness (QED) is 0.447. The Labute approximate surface area is 178 Å². The minimum atomic E-state index is -0.350. The molecule has 0 saturated carbocycles. The number of hydrogen-bond acceptors (Lipinski definition) is 5. The van der Waals surface area contributed by atoms with Crippen molar-refractivity contribution in [3.8, 4) is 0 Å². The molecule has 0 aliphatic rings. The zero-order valence-electron chi connectivity index (χ0n) is 17.1. The van der Waals surface area contributed by atoms with Crippen molar-refractivity contribution in [1.29, 1.82) is 0 Å². The Morgan fingerprint density at radius 1 is 1.10 bits per heavy atom. The van der Waals surface area contributed by atoms with Gasteiger partial charge in [0, 0.05) is 20.1 Å². The molecule has 4 rings (SSSR count). The lowest BCUT2D eigenvalue weighted by atomic mass is 10.2. The summed E-state index contributed by atoms with van der Waals surface area (Å²) in [6.45, 7) is 5.05. The molecule has 1 amide bonds. The molecule has 0 N–H and O–H groups in total. The zero-order chi connectivity index (χ0) is 21.3. The van der Waals surface area contributed by atoms with E-state index >= 15 is 0 Å². The number of aromatic nitrogens is 4. The van der Waals surface area contributed by atoms with Crippen LogP contribution in [0.1, 0.15) is 19.4 Å². The van der Waals surface area contributed by atoms with Gasteiger partial charge in [-0.3, -0.25) is 18.6 Å². The molecule has 2 aromatic carbocycles. The lowest BCUT2D eigenvalue weighted by Gasteiger charge is -2.24. The fraction of sp³-hybridized carbons (Fsp3) is 0.273. The third kappa shape index (κ3) is 3.59. The van der Waals surface area contributed by atoms with E-state index < -0.39 is 0 Å². The Morgan fingerprint density at radius 2 is 1.80 bits per heavy atom. The first-order chi connectivity index (χ1) is 14.5. The molecule has 0 saturated heterocycles. The average Bonchev–Trinajstić information content (AvgIpc) is 3.19. The standard InChI is InChI=1S/C22H23N5O2S/c1-4-26(14-16-10-6-5-7-11-16)19(28)15(2)30-22-24-23-21-25(3)20(29)17-12-8-9-13-18(17)27(21)22/h5-13,15H,4,14H2,1-3H3. The maximum absolute atomic E-state index is 13.1. The molecule has 1 atom stereocenters. The number of thioether (sulfide) groups is 1. The summed E-state index contributed by atoms with van der Waals surface area (Å²) in [5.41, 5.74) is 1.71. The van der Waals surface area contributed by atoms with Gasteiger partial charge in [0.1, 0.15) is 0 Å². The molecule has 2 heterocycles. The minimum Gasteiger partial charge on any atom is -0.338 e. The van der Waals surface area contributed by atoms with Gasteiger partial charge in [-0.2, -0.15) is 0 Å². The first-order valence-corrected chi connectivity index (χ1v) is 10.7. The molecule has 154 valence electrons. The number of para-hydroxylation sites is 1. The second-order valence-electron chi connectivity index (χ2n) is 7.10. The number of carbonyl (C=O) groups excluding carboxylic acids is 1. The van der Waals surface area contributed by atoms with Crippen LogP contribution in [0.2, 0.25) is 0 Å². The van der Waals surface area contributed by atoms with Crippen LogP contribution in [0.4, 0.5) is 0 Å². The predicted molar refractivity (Wildman–Crippen MR) is 119 cm³/mol. The summed E-state index contributed by atoms with van der Waals surface area (Å²) in [5.74, 6) is 0.495. The van der Waals surface area contributed by atoms with E-state index in [1.165, 1.54) is 16.3 Å². The van der Waals surface area contributed by atoms with Crippen molar-refractivity contribution in [2.24, 2.45) is 7.05 Å². The second-order valence-corrected chi connectivity index (χ2v) is 8.41. The average molecular weight is 422 g/mol. The smallest absolute Gasteiger partial charge is 0.262 e. The van der Waals surface area contributed by atoms with E-state index in [1.54, 1.807) is 13.1 Å². The molecule has 4 aromatic rings. The van der Waals surface area contributed by atoms with Crippen LogP contribution in [0, 0.1) is 0 Å². The SMILES string of the molecule is CCN(Cc1ccccc1)C(=O)C(C)Sc1nnc2n(C)c(=O)c3ccccc3n12. The number of nitrogens with zero attached hydrogens (tertiary/aromatic N) is 5. The first-order valence-electron chi connectivity index (χ1n) is 9.83. The number of amides is 1. The van der Waals surface area contributed by atoms with Crippen LogP contribution in [0.15, 0.2) is 64.5 Å². The number of fused-ring (bicyclic) bond motifs is 3. The molecular weight excluding hydrogens is 398 g/mol. The molecular formula is C22H23N5O2S. The summed E-state index contributed by atoms with van der Waals surface area (Å²) in [4.78, 5) is 27.6. The highest BCUT2D eigenvalue weighted by molar-refractivity contribution is 8.00. The molecule has 0 spiro atoms. The van der Waals surface area contributed by atoms with Crippen molar-refractivity contribution in [2.45, 2.75) is 30.8 Å². The summed E-state index contributed by atoms with van der Waals surface area (Å²) < 4.78 is 3.33. The van der Waals surface area contributed by atoms with Crippen LogP contribution in [-0.2, 0) is 18.4 Å². The molecule has 7 nitrogen and oxygen atoms in total. The Morgan fingerprint density at radius 3 is 2.53 bits per heavy atom. The van der Waals surface area contributed by atoms with Crippen molar-refractivity contribution in [2.75, 3.05) is 6.54 Å². The third-order valence-electron chi connectivity index (χ3n) is 5.14. The van der Waals surface area contributed by atoms with Crippen LogP contribution in [0.3, 0.4) is 0 Å². The van der Waals surface area contributed by atoms with E-state index in [0.29, 0.717) is 29.4 Å². The van der Waals surface area contributed by atoms with Gasteiger partial charge in [-0.05, 0) is 31.5 Å². The number of hydrogen-bond donors (Lipinski definition) is 0. The van der Waals surface area contributed by atoms with Crippen LogP contribution in [0.5, 0.6) is 0 Å². The monoisotopic (exact) mass is 421 g/mol. The summed E-state index contributed by atoms with van der Waals surface area (Å²) in [6.07, 6.45) is 0. The lowest BCUT2D eigenvalue weighted by molar-refractivity contribution is -0.130. The highest BCUT2D eigenvalue weighted by Crippen LogP contribution is 2.26. The van der Waals surface area contributed by atoms with Gasteiger partial charge >= 0.3 is 0 Å². The Kier molecular flexibility index (Phi) is 5.59. The van der Waals surface area contributed by atoms with Gasteiger partial charge in [0.25, 0.3) is 5.56 Å². The maximum atomic E-state index is 13.1. The van der Waals surface area contributed by atoms with Gasteiger partial charge in [-0.25, -0.2) is 0 Å². The van der Waals surface area contributed by atoms with E-state index in [9.17, 15) is 9.59 Å². The van der Waals surface area contributed by atoms with Crippen molar-refractivity contribution in [1.82, 2.24) is 24.1 Å². The first kappa shape index (κ1) is 20.2. The number of carbonyl (C=O) groups is 1. The van der Waals surface area contributed by atoms with Crippen LogP contribution < -0.4 is 5.56 Å². The van der Waals surface area contributed by atoms with Gasteiger partial charge < -0.3 is 4.90 Å². The highest BCUT2D eigenvalue weighted by Gasteiger charge is 2.24. The van der Waals surface area contributed by atoms with Gasteiger partial charge in [-0.15, -0.1) is 10.2 Å². The number of benzene rings is 2. The van der Waals surface area contributed by atoms with E-state index in [0.717, 1.165) is 11.1 Å². The highest BCUT2D eigenvalue weighted by atomic mass is 32.2. The predicted octanol–water partition coefficient (Wildman–Crippen LogP) is 3.11. The normalized spacial score (nSPS) is 12.4. The Bertz CT molecular complexity index is 1270.